The zero-order valence-corrected chi connectivity index (χ0v) is 16.0. The van der Waals surface area contributed by atoms with Crippen molar-refractivity contribution < 1.29 is 0 Å². The Morgan fingerprint density at radius 1 is 1.29 bits per heavy atom. The highest BCUT2D eigenvalue weighted by Crippen LogP contribution is 2.38. The summed E-state index contributed by atoms with van der Waals surface area (Å²) < 4.78 is 3.21. The molecule has 4 nitrogen and oxygen atoms in total. The number of hydrogen-bond acceptors (Lipinski definition) is 3. The summed E-state index contributed by atoms with van der Waals surface area (Å²) in [5, 5.41) is 8.29. The van der Waals surface area contributed by atoms with E-state index in [4.69, 9.17) is 0 Å². The van der Waals surface area contributed by atoms with Crippen molar-refractivity contribution >= 4 is 15.9 Å². The van der Waals surface area contributed by atoms with Crippen molar-refractivity contribution in [2.45, 2.75) is 65.1 Å². The van der Waals surface area contributed by atoms with E-state index < -0.39 is 0 Å². The quantitative estimate of drug-likeness (QED) is 0.728. The van der Waals surface area contributed by atoms with Gasteiger partial charge in [-0.15, -0.1) is 0 Å². The number of hydrogen-bond donors (Lipinski definition) is 1. The summed E-state index contributed by atoms with van der Waals surface area (Å²) in [4.78, 5) is 2.37. The second-order valence-corrected chi connectivity index (χ2v) is 6.64. The zero-order valence-electron chi connectivity index (χ0n) is 14.4. The number of nitrogens with zero attached hydrogens (tertiary/aromatic N) is 3. The molecule has 5 heteroatoms. The minimum absolute atomic E-state index is 0.0879. The molecule has 122 valence electrons. The van der Waals surface area contributed by atoms with E-state index in [2.05, 4.69) is 77.7 Å². The first-order valence-corrected chi connectivity index (χ1v) is 8.89. The number of rotatable bonds is 9. The van der Waals surface area contributed by atoms with E-state index in [0.29, 0.717) is 0 Å². The molecule has 1 atom stereocenters. The molecule has 0 amide bonds. The largest absolute Gasteiger partial charge is 0.307 e. The minimum Gasteiger partial charge on any atom is -0.307 e. The standard InChI is InChI=1S/C16H31BrN4/c1-7-11-18-15(16(8-2,9-3)20(5)6)14-13(17)12-19-21(14)10-4/h12,15,18H,7-11H2,1-6H3. The minimum atomic E-state index is 0.0879. The molecule has 0 aliphatic carbocycles. The van der Waals surface area contributed by atoms with Gasteiger partial charge in [0.25, 0.3) is 0 Å². The van der Waals surface area contributed by atoms with Crippen molar-refractivity contribution in [3.8, 4) is 0 Å². The van der Waals surface area contributed by atoms with Gasteiger partial charge in [-0.1, -0.05) is 20.8 Å². The number of aryl methyl sites for hydroxylation is 1. The number of aromatic nitrogens is 2. The van der Waals surface area contributed by atoms with Crippen LogP contribution in [0.25, 0.3) is 0 Å². The summed E-state index contributed by atoms with van der Waals surface area (Å²) in [7, 11) is 4.38. The highest BCUT2D eigenvalue weighted by atomic mass is 79.9. The molecule has 0 aromatic carbocycles. The molecule has 0 spiro atoms. The maximum atomic E-state index is 4.52. The molecule has 1 heterocycles. The van der Waals surface area contributed by atoms with Crippen LogP contribution in [0.1, 0.15) is 58.7 Å². The summed E-state index contributed by atoms with van der Waals surface area (Å²) in [6, 6.07) is 0.263. The van der Waals surface area contributed by atoms with Crippen LogP contribution in [-0.4, -0.2) is 40.9 Å². The molecule has 21 heavy (non-hydrogen) atoms. The van der Waals surface area contributed by atoms with Gasteiger partial charge in [0.2, 0.25) is 0 Å². The SMILES string of the molecule is CCCNC(c1c(Br)cnn1CC)C(CC)(CC)N(C)C. The summed E-state index contributed by atoms with van der Waals surface area (Å²) in [6.07, 6.45) is 5.24. The molecule has 1 aromatic rings. The molecule has 0 aliphatic rings. The van der Waals surface area contributed by atoms with E-state index in [0.717, 1.165) is 36.8 Å². The molecule has 0 saturated heterocycles. The number of nitrogens with one attached hydrogen (secondary N) is 1. The van der Waals surface area contributed by atoms with Gasteiger partial charge in [0.15, 0.2) is 0 Å². The van der Waals surface area contributed by atoms with Gasteiger partial charge in [-0.2, -0.15) is 5.10 Å². The Kier molecular flexibility index (Phi) is 7.37. The molecule has 1 unspecified atom stereocenters. The van der Waals surface area contributed by atoms with Crippen molar-refractivity contribution in [1.29, 1.82) is 0 Å². The monoisotopic (exact) mass is 358 g/mol. The number of likely N-dealkylation sites (N-methyl/N-ethyl adjacent to an activating group) is 1. The zero-order chi connectivity index (χ0) is 16.0. The van der Waals surface area contributed by atoms with Crippen LogP contribution in [0, 0.1) is 0 Å². The summed E-state index contributed by atoms with van der Waals surface area (Å²) in [5.41, 5.74) is 1.35. The highest BCUT2D eigenvalue weighted by molar-refractivity contribution is 9.10. The van der Waals surface area contributed by atoms with Gasteiger partial charge in [0, 0.05) is 12.1 Å². The van der Waals surface area contributed by atoms with E-state index in [1.807, 2.05) is 6.20 Å². The normalized spacial score (nSPS) is 13.9. The van der Waals surface area contributed by atoms with Gasteiger partial charge in [0.1, 0.15) is 0 Å². The Morgan fingerprint density at radius 3 is 2.33 bits per heavy atom. The molecule has 0 radical (unpaired) electrons. The van der Waals surface area contributed by atoms with Crippen LogP contribution in [0.3, 0.4) is 0 Å². The highest BCUT2D eigenvalue weighted by Gasteiger charge is 2.41. The van der Waals surface area contributed by atoms with Gasteiger partial charge in [-0.3, -0.25) is 4.68 Å². The van der Waals surface area contributed by atoms with Crippen molar-refractivity contribution in [1.82, 2.24) is 20.0 Å². The fraction of sp³-hybridized carbons (Fsp3) is 0.812. The summed E-state index contributed by atoms with van der Waals surface area (Å²) >= 11 is 3.71. The van der Waals surface area contributed by atoms with E-state index in [1.165, 1.54) is 5.69 Å². The average molecular weight is 359 g/mol. The molecule has 0 aliphatic heterocycles. The van der Waals surface area contributed by atoms with Gasteiger partial charge in [0.05, 0.1) is 22.4 Å². The van der Waals surface area contributed by atoms with Crippen LogP contribution in [0.4, 0.5) is 0 Å². The smallest absolute Gasteiger partial charge is 0.0714 e. The Bertz CT molecular complexity index is 424. The molecule has 1 aromatic heterocycles. The van der Waals surface area contributed by atoms with E-state index in [9.17, 15) is 0 Å². The van der Waals surface area contributed by atoms with Crippen molar-refractivity contribution in [2.24, 2.45) is 0 Å². The summed E-state index contributed by atoms with van der Waals surface area (Å²) in [5.74, 6) is 0. The second-order valence-electron chi connectivity index (χ2n) is 5.79. The van der Waals surface area contributed by atoms with Crippen molar-refractivity contribution in [2.75, 3.05) is 20.6 Å². The van der Waals surface area contributed by atoms with Crippen LogP contribution in [-0.2, 0) is 6.54 Å². The Hall–Kier alpha value is -0.390. The first-order valence-electron chi connectivity index (χ1n) is 8.10. The topological polar surface area (TPSA) is 33.1 Å². The molecule has 0 fully saturated rings. The lowest BCUT2D eigenvalue weighted by molar-refractivity contribution is 0.0837. The van der Waals surface area contributed by atoms with Crippen LogP contribution in [0.2, 0.25) is 0 Å². The molecule has 0 saturated carbocycles. The molecular weight excluding hydrogens is 328 g/mol. The van der Waals surface area contributed by atoms with E-state index >= 15 is 0 Å². The maximum Gasteiger partial charge on any atom is 0.0714 e. The van der Waals surface area contributed by atoms with Crippen LogP contribution in [0.5, 0.6) is 0 Å². The third kappa shape index (κ3) is 3.69. The lowest BCUT2D eigenvalue weighted by Gasteiger charge is -2.45. The van der Waals surface area contributed by atoms with E-state index in [1.54, 1.807) is 0 Å². The Labute approximate surface area is 138 Å². The van der Waals surface area contributed by atoms with E-state index in [-0.39, 0.29) is 11.6 Å². The predicted molar refractivity (Wildman–Crippen MR) is 93.6 cm³/mol. The second kappa shape index (κ2) is 8.30. The molecule has 1 N–H and O–H groups in total. The van der Waals surface area contributed by atoms with Gasteiger partial charge < -0.3 is 10.2 Å². The maximum absolute atomic E-state index is 4.52. The van der Waals surface area contributed by atoms with Crippen LogP contribution < -0.4 is 5.32 Å². The Morgan fingerprint density at radius 2 is 1.90 bits per heavy atom. The Balaban J connectivity index is 3.35. The molecule has 1 rings (SSSR count). The fourth-order valence-corrected chi connectivity index (χ4v) is 3.81. The molecular formula is C16H31BrN4. The number of halogens is 1. The van der Waals surface area contributed by atoms with Gasteiger partial charge >= 0.3 is 0 Å². The molecule has 0 bridgehead atoms. The van der Waals surface area contributed by atoms with Crippen LogP contribution >= 0.6 is 15.9 Å². The third-order valence-electron chi connectivity index (χ3n) is 4.66. The van der Waals surface area contributed by atoms with Crippen molar-refractivity contribution in [3.63, 3.8) is 0 Å². The average Bonchev–Trinajstić information content (AvgIpc) is 2.84. The lowest BCUT2D eigenvalue weighted by Crippen LogP contribution is -2.54. The van der Waals surface area contributed by atoms with Crippen LogP contribution in [0.15, 0.2) is 10.7 Å². The van der Waals surface area contributed by atoms with Crippen molar-refractivity contribution in [3.05, 3.63) is 16.4 Å². The predicted octanol–water partition coefficient (Wildman–Crippen LogP) is 3.83. The van der Waals surface area contributed by atoms with Gasteiger partial charge in [-0.25, -0.2) is 0 Å². The fourth-order valence-electron chi connectivity index (χ4n) is 3.29. The lowest BCUT2D eigenvalue weighted by atomic mass is 9.81. The first kappa shape index (κ1) is 18.7. The van der Waals surface area contributed by atoms with Gasteiger partial charge in [-0.05, 0) is 62.8 Å². The summed E-state index contributed by atoms with van der Waals surface area (Å²) in [6.45, 7) is 10.8. The first-order chi connectivity index (χ1) is 9.98. The third-order valence-corrected chi connectivity index (χ3v) is 5.27.